The van der Waals surface area contributed by atoms with Gasteiger partial charge >= 0.3 is 0 Å². The van der Waals surface area contributed by atoms with Crippen LogP contribution in [0.5, 0.6) is 0 Å². The van der Waals surface area contributed by atoms with Gasteiger partial charge in [-0.2, -0.15) is 5.10 Å². The highest BCUT2D eigenvalue weighted by Crippen LogP contribution is 2.35. The van der Waals surface area contributed by atoms with Crippen molar-refractivity contribution in [2.45, 2.75) is 45.2 Å². The van der Waals surface area contributed by atoms with Crippen LogP contribution in [-0.4, -0.2) is 38.9 Å². The highest BCUT2D eigenvalue weighted by Gasteiger charge is 2.40. The Morgan fingerprint density at radius 1 is 1.59 bits per heavy atom. The average Bonchev–Trinajstić information content (AvgIpc) is 2.90. The minimum atomic E-state index is -0.0146. The SMILES string of the molecule is CC(C)C[C@@]1(CO)CCCN1Cc1ccn[nH]1. The van der Waals surface area contributed by atoms with Gasteiger partial charge in [-0.15, -0.1) is 0 Å². The smallest absolute Gasteiger partial charge is 0.0615 e. The summed E-state index contributed by atoms with van der Waals surface area (Å²) in [5.41, 5.74) is 1.12. The van der Waals surface area contributed by atoms with Gasteiger partial charge in [-0.25, -0.2) is 0 Å². The van der Waals surface area contributed by atoms with Gasteiger partial charge < -0.3 is 5.11 Å². The number of rotatable bonds is 5. The fourth-order valence-corrected chi connectivity index (χ4v) is 3.05. The summed E-state index contributed by atoms with van der Waals surface area (Å²) in [6.07, 6.45) is 5.14. The number of hydrogen-bond donors (Lipinski definition) is 2. The Labute approximate surface area is 103 Å². The molecule has 0 aliphatic carbocycles. The lowest BCUT2D eigenvalue weighted by Gasteiger charge is -2.38. The average molecular weight is 237 g/mol. The maximum Gasteiger partial charge on any atom is 0.0615 e. The summed E-state index contributed by atoms with van der Waals surface area (Å²) in [4.78, 5) is 2.42. The minimum Gasteiger partial charge on any atom is -0.394 e. The Morgan fingerprint density at radius 2 is 2.41 bits per heavy atom. The first-order chi connectivity index (χ1) is 8.16. The monoisotopic (exact) mass is 237 g/mol. The first-order valence-corrected chi connectivity index (χ1v) is 6.50. The fraction of sp³-hybridized carbons (Fsp3) is 0.769. The van der Waals surface area contributed by atoms with Crippen molar-refractivity contribution in [3.05, 3.63) is 18.0 Å². The third-order valence-electron chi connectivity index (χ3n) is 3.74. The molecule has 1 fully saturated rings. The van der Waals surface area contributed by atoms with E-state index in [1.807, 2.05) is 6.07 Å². The van der Waals surface area contributed by atoms with Gasteiger partial charge in [-0.3, -0.25) is 10.00 Å². The van der Waals surface area contributed by atoms with Gasteiger partial charge in [0.25, 0.3) is 0 Å². The van der Waals surface area contributed by atoms with E-state index in [1.165, 1.54) is 6.42 Å². The van der Waals surface area contributed by atoms with E-state index in [2.05, 4.69) is 28.9 Å². The molecular weight excluding hydrogens is 214 g/mol. The third kappa shape index (κ3) is 2.69. The first kappa shape index (κ1) is 12.6. The van der Waals surface area contributed by atoms with E-state index in [1.54, 1.807) is 6.20 Å². The third-order valence-corrected chi connectivity index (χ3v) is 3.74. The number of H-pyrrole nitrogens is 1. The van der Waals surface area contributed by atoms with Crippen molar-refractivity contribution in [3.63, 3.8) is 0 Å². The molecule has 96 valence electrons. The molecule has 4 nitrogen and oxygen atoms in total. The van der Waals surface area contributed by atoms with Gasteiger partial charge in [-0.05, 0) is 37.8 Å². The molecule has 1 atom stereocenters. The van der Waals surface area contributed by atoms with Gasteiger partial charge in [-0.1, -0.05) is 13.8 Å². The summed E-state index contributed by atoms with van der Waals surface area (Å²) in [6, 6.07) is 2.01. The molecule has 1 saturated heterocycles. The molecule has 4 heteroatoms. The highest BCUT2D eigenvalue weighted by atomic mass is 16.3. The summed E-state index contributed by atoms with van der Waals surface area (Å²) in [5.74, 6) is 0.615. The molecule has 2 rings (SSSR count). The number of likely N-dealkylation sites (tertiary alicyclic amines) is 1. The van der Waals surface area contributed by atoms with Crippen LogP contribution in [0.25, 0.3) is 0 Å². The molecule has 17 heavy (non-hydrogen) atoms. The second kappa shape index (κ2) is 5.19. The quantitative estimate of drug-likeness (QED) is 0.821. The largest absolute Gasteiger partial charge is 0.394 e. The van der Waals surface area contributed by atoms with Crippen LogP contribution in [0.3, 0.4) is 0 Å². The molecule has 0 radical (unpaired) electrons. The zero-order valence-corrected chi connectivity index (χ0v) is 10.8. The van der Waals surface area contributed by atoms with Crippen LogP contribution in [0.2, 0.25) is 0 Å². The molecular formula is C13H23N3O. The second-order valence-corrected chi connectivity index (χ2v) is 5.59. The van der Waals surface area contributed by atoms with E-state index in [0.717, 1.165) is 31.6 Å². The molecule has 1 aromatic heterocycles. The van der Waals surface area contributed by atoms with Crippen molar-refractivity contribution in [2.75, 3.05) is 13.2 Å². The Hall–Kier alpha value is -0.870. The number of nitrogens with one attached hydrogen (secondary N) is 1. The van der Waals surface area contributed by atoms with Crippen LogP contribution in [0.15, 0.2) is 12.3 Å². The van der Waals surface area contributed by atoms with Gasteiger partial charge in [0.05, 0.1) is 6.61 Å². The zero-order chi connectivity index (χ0) is 12.3. The Morgan fingerprint density at radius 3 is 3.00 bits per heavy atom. The number of aromatic nitrogens is 2. The molecule has 0 saturated carbocycles. The van der Waals surface area contributed by atoms with Gasteiger partial charge in [0.1, 0.15) is 0 Å². The van der Waals surface area contributed by atoms with Crippen molar-refractivity contribution in [2.24, 2.45) is 5.92 Å². The number of hydrogen-bond acceptors (Lipinski definition) is 3. The van der Waals surface area contributed by atoms with Crippen LogP contribution in [0.4, 0.5) is 0 Å². The summed E-state index contributed by atoms with van der Waals surface area (Å²) >= 11 is 0. The Bertz CT molecular complexity index is 336. The van der Waals surface area contributed by atoms with Crippen LogP contribution in [0, 0.1) is 5.92 Å². The van der Waals surface area contributed by atoms with E-state index >= 15 is 0 Å². The van der Waals surface area contributed by atoms with Gasteiger partial charge in [0.2, 0.25) is 0 Å². The van der Waals surface area contributed by atoms with E-state index < -0.39 is 0 Å². The fourth-order valence-electron chi connectivity index (χ4n) is 3.05. The summed E-state index contributed by atoms with van der Waals surface area (Å²) in [5, 5.41) is 16.8. The molecule has 0 bridgehead atoms. The van der Waals surface area contributed by atoms with E-state index in [0.29, 0.717) is 5.92 Å². The summed E-state index contributed by atoms with van der Waals surface area (Å²) in [6.45, 7) is 6.66. The molecule has 0 aromatic carbocycles. The normalized spacial score (nSPS) is 25.9. The molecule has 0 amide bonds. The molecule has 0 spiro atoms. The number of aliphatic hydroxyl groups is 1. The van der Waals surface area contributed by atoms with Crippen LogP contribution in [-0.2, 0) is 6.54 Å². The number of aliphatic hydroxyl groups excluding tert-OH is 1. The van der Waals surface area contributed by atoms with Gasteiger partial charge in [0.15, 0.2) is 0 Å². The zero-order valence-electron chi connectivity index (χ0n) is 10.8. The van der Waals surface area contributed by atoms with E-state index in [-0.39, 0.29) is 12.1 Å². The maximum absolute atomic E-state index is 9.80. The minimum absolute atomic E-state index is 0.0146. The standard InChI is InChI=1S/C13H23N3O/c1-11(2)8-13(10-17)5-3-7-16(13)9-12-4-6-14-15-12/h4,6,11,17H,3,5,7-10H2,1-2H3,(H,14,15)/t13-/m1/s1. The summed E-state index contributed by atoms with van der Waals surface area (Å²) < 4.78 is 0. The predicted molar refractivity (Wildman–Crippen MR) is 67.5 cm³/mol. The topological polar surface area (TPSA) is 52.1 Å². The highest BCUT2D eigenvalue weighted by molar-refractivity contribution is 5.03. The second-order valence-electron chi connectivity index (χ2n) is 5.59. The van der Waals surface area contributed by atoms with Crippen molar-refractivity contribution < 1.29 is 5.11 Å². The Balaban J connectivity index is 2.08. The lowest BCUT2D eigenvalue weighted by Crippen LogP contribution is -2.47. The van der Waals surface area contributed by atoms with Crippen molar-refractivity contribution in [3.8, 4) is 0 Å². The molecule has 1 aromatic rings. The molecule has 2 N–H and O–H groups in total. The van der Waals surface area contributed by atoms with Crippen LogP contribution >= 0.6 is 0 Å². The molecule has 2 heterocycles. The van der Waals surface area contributed by atoms with Crippen molar-refractivity contribution >= 4 is 0 Å². The van der Waals surface area contributed by atoms with Crippen LogP contribution < -0.4 is 0 Å². The van der Waals surface area contributed by atoms with Gasteiger partial charge in [0, 0.05) is 24.0 Å². The number of aromatic amines is 1. The maximum atomic E-state index is 9.80. The lowest BCUT2D eigenvalue weighted by atomic mass is 9.87. The first-order valence-electron chi connectivity index (χ1n) is 6.50. The lowest BCUT2D eigenvalue weighted by molar-refractivity contribution is 0.0401. The van der Waals surface area contributed by atoms with E-state index in [9.17, 15) is 5.11 Å². The van der Waals surface area contributed by atoms with E-state index in [4.69, 9.17) is 0 Å². The summed E-state index contributed by atoms with van der Waals surface area (Å²) in [7, 11) is 0. The molecule has 1 aliphatic rings. The van der Waals surface area contributed by atoms with Crippen molar-refractivity contribution in [1.29, 1.82) is 0 Å². The number of nitrogens with zero attached hydrogens (tertiary/aromatic N) is 2. The molecule has 0 unspecified atom stereocenters. The molecule has 1 aliphatic heterocycles. The predicted octanol–water partition coefficient (Wildman–Crippen LogP) is 1.78. The van der Waals surface area contributed by atoms with Crippen molar-refractivity contribution in [1.82, 2.24) is 15.1 Å². The van der Waals surface area contributed by atoms with Crippen LogP contribution in [0.1, 0.15) is 38.8 Å². The Kier molecular flexibility index (Phi) is 3.84.